The van der Waals surface area contributed by atoms with Crippen LogP contribution in [-0.4, -0.2) is 29.7 Å². The van der Waals surface area contributed by atoms with Crippen LogP contribution < -0.4 is 24.3 Å². The molecule has 2 aliphatic rings. The van der Waals surface area contributed by atoms with E-state index in [0.717, 1.165) is 39.5 Å². The fourth-order valence-electron chi connectivity index (χ4n) is 4.05. The van der Waals surface area contributed by atoms with Gasteiger partial charge in [0, 0.05) is 16.5 Å². The van der Waals surface area contributed by atoms with Gasteiger partial charge in [0.05, 0.1) is 22.8 Å². The number of hydrogen-bond donors (Lipinski definition) is 1. The molecule has 9 heteroatoms. The van der Waals surface area contributed by atoms with Crippen LogP contribution in [0.5, 0.6) is 17.2 Å². The highest BCUT2D eigenvalue weighted by molar-refractivity contribution is 7.07. The fraction of sp³-hybridized carbons (Fsp3) is 0.148. The van der Waals surface area contributed by atoms with E-state index in [-0.39, 0.29) is 19.3 Å². The molecule has 8 nitrogen and oxygen atoms in total. The van der Waals surface area contributed by atoms with Crippen molar-refractivity contribution >= 4 is 34.3 Å². The molecule has 1 N–H and O–H groups in total. The predicted octanol–water partition coefficient (Wildman–Crippen LogP) is 5.09. The average Bonchev–Trinajstić information content (AvgIpc) is 3.50. The molecule has 0 aliphatic carbocycles. The molecule has 3 heterocycles. The van der Waals surface area contributed by atoms with Crippen LogP contribution >= 0.6 is 11.3 Å². The summed E-state index contributed by atoms with van der Waals surface area (Å²) in [5.41, 5.74) is 6.03. The minimum atomic E-state index is -0.176. The Balaban J connectivity index is 1.49. The molecule has 0 fully saturated rings. The number of nitrogens with one attached hydrogen (secondary N) is 1. The minimum absolute atomic E-state index is 0.0172. The molecule has 0 saturated heterocycles. The third-order valence-corrected chi connectivity index (χ3v) is 6.68. The van der Waals surface area contributed by atoms with Crippen LogP contribution in [0.2, 0.25) is 0 Å². The summed E-state index contributed by atoms with van der Waals surface area (Å²) in [6, 6.07) is 19.5. The van der Waals surface area contributed by atoms with Crippen molar-refractivity contribution in [3.8, 4) is 28.5 Å². The zero-order valence-corrected chi connectivity index (χ0v) is 20.5. The van der Waals surface area contributed by atoms with E-state index in [4.69, 9.17) is 24.3 Å². The average molecular weight is 499 g/mol. The van der Waals surface area contributed by atoms with Crippen LogP contribution in [0.15, 0.2) is 76.1 Å². The molecule has 1 amide bonds. The Morgan fingerprint density at radius 1 is 1.00 bits per heavy atom. The first-order valence-corrected chi connectivity index (χ1v) is 12.3. The third-order valence-electron chi connectivity index (χ3n) is 5.86. The Hall–Kier alpha value is -4.37. The number of carbonyl (C=O) groups is 1. The maximum atomic E-state index is 11.9. The normalized spacial score (nSPS) is 14.9. The molecule has 2 aliphatic heterocycles. The van der Waals surface area contributed by atoms with Crippen molar-refractivity contribution in [2.45, 2.75) is 13.8 Å². The van der Waals surface area contributed by atoms with E-state index in [9.17, 15) is 4.79 Å². The largest absolute Gasteiger partial charge is 0.482 e. The van der Waals surface area contributed by atoms with Crippen molar-refractivity contribution < 1.29 is 19.0 Å². The molecule has 180 valence electrons. The SMILES string of the molecule is CC(=Nn1c(-c2ccc3c(c2)NC(=O)CO3)csc1=Nc1cccc(C)c1)c1ccc2c(c1)OCO2. The number of amides is 1. The lowest BCUT2D eigenvalue weighted by molar-refractivity contribution is -0.118. The molecule has 0 radical (unpaired) electrons. The Morgan fingerprint density at radius 2 is 1.86 bits per heavy atom. The van der Waals surface area contributed by atoms with Gasteiger partial charge in [-0.25, -0.2) is 9.67 Å². The van der Waals surface area contributed by atoms with E-state index in [0.29, 0.717) is 22.0 Å². The van der Waals surface area contributed by atoms with Gasteiger partial charge in [-0.1, -0.05) is 12.1 Å². The molecular formula is C27H22N4O4S. The molecule has 1 aromatic heterocycles. The summed E-state index contributed by atoms with van der Waals surface area (Å²) in [6.07, 6.45) is 0. The minimum Gasteiger partial charge on any atom is -0.482 e. The molecular weight excluding hydrogens is 476 g/mol. The zero-order valence-electron chi connectivity index (χ0n) is 19.6. The number of thiazole rings is 1. The van der Waals surface area contributed by atoms with Crippen molar-refractivity contribution in [3.63, 3.8) is 0 Å². The second-order valence-corrected chi connectivity index (χ2v) is 9.30. The van der Waals surface area contributed by atoms with Gasteiger partial charge in [0.15, 0.2) is 18.1 Å². The van der Waals surface area contributed by atoms with Crippen LogP contribution in [0.25, 0.3) is 11.3 Å². The monoisotopic (exact) mass is 498 g/mol. The molecule has 0 atom stereocenters. The lowest BCUT2D eigenvalue weighted by atomic mass is 10.1. The standard InChI is InChI=1S/C27H22N4O4S/c1-16-4-3-5-20(10-16)28-27-31(30-17(2)18-6-9-24-25(12-18)35-15-34-24)22(14-36-27)19-7-8-23-21(11-19)29-26(32)13-33-23/h3-12,14H,13,15H2,1-2H3,(H,29,32). The highest BCUT2D eigenvalue weighted by atomic mass is 32.1. The van der Waals surface area contributed by atoms with Crippen molar-refractivity contribution in [1.29, 1.82) is 0 Å². The quantitative estimate of drug-likeness (QED) is 0.397. The predicted molar refractivity (Wildman–Crippen MR) is 138 cm³/mol. The first kappa shape index (κ1) is 22.1. The Bertz CT molecular complexity index is 1600. The topological polar surface area (TPSA) is 86.4 Å². The summed E-state index contributed by atoms with van der Waals surface area (Å²) < 4.78 is 18.3. The molecule has 4 aromatic rings. The fourth-order valence-corrected chi connectivity index (χ4v) is 4.90. The van der Waals surface area contributed by atoms with E-state index in [1.807, 2.05) is 84.6 Å². The highest BCUT2D eigenvalue weighted by Crippen LogP contribution is 2.34. The first-order valence-electron chi connectivity index (χ1n) is 11.4. The number of anilines is 1. The van der Waals surface area contributed by atoms with E-state index in [1.165, 1.54) is 11.3 Å². The maximum absolute atomic E-state index is 11.9. The Morgan fingerprint density at radius 3 is 2.75 bits per heavy atom. The molecule has 0 saturated carbocycles. The summed E-state index contributed by atoms with van der Waals surface area (Å²) >= 11 is 1.49. The van der Waals surface area contributed by atoms with E-state index >= 15 is 0 Å². The summed E-state index contributed by atoms with van der Waals surface area (Å²) in [5, 5.41) is 9.86. The zero-order chi connectivity index (χ0) is 24.6. The van der Waals surface area contributed by atoms with Gasteiger partial charge >= 0.3 is 0 Å². The molecule has 3 aromatic carbocycles. The lowest BCUT2D eigenvalue weighted by Crippen LogP contribution is -2.25. The van der Waals surface area contributed by atoms with Crippen molar-refractivity contribution in [1.82, 2.24) is 4.68 Å². The third kappa shape index (κ3) is 4.25. The van der Waals surface area contributed by atoms with Gasteiger partial charge in [-0.15, -0.1) is 11.3 Å². The van der Waals surface area contributed by atoms with Crippen molar-refractivity contribution in [2.24, 2.45) is 10.1 Å². The number of aromatic nitrogens is 1. The number of ether oxygens (including phenoxy) is 3. The summed E-state index contributed by atoms with van der Waals surface area (Å²) in [5.74, 6) is 1.89. The second-order valence-electron chi connectivity index (χ2n) is 8.47. The van der Waals surface area contributed by atoms with E-state index in [2.05, 4.69) is 5.32 Å². The molecule has 0 bridgehead atoms. The van der Waals surface area contributed by atoms with Crippen LogP contribution in [0.1, 0.15) is 18.1 Å². The van der Waals surface area contributed by atoms with E-state index < -0.39 is 0 Å². The first-order chi connectivity index (χ1) is 17.5. The van der Waals surface area contributed by atoms with Crippen molar-refractivity contribution in [3.05, 3.63) is 82.0 Å². The van der Waals surface area contributed by atoms with Gasteiger partial charge in [-0.2, -0.15) is 5.10 Å². The van der Waals surface area contributed by atoms with Gasteiger partial charge in [0.1, 0.15) is 5.75 Å². The summed E-state index contributed by atoms with van der Waals surface area (Å²) in [4.78, 5) is 17.5. The van der Waals surface area contributed by atoms with Crippen LogP contribution in [0.3, 0.4) is 0 Å². The number of rotatable bonds is 4. The van der Waals surface area contributed by atoms with Gasteiger partial charge in [-0.05, 0) is 67.9 Å². The van der Waals surface area contributed by atoms with E-state index in [1.54, 1.807) is 0 Å². The Labute approximate surface area is 211 Å². The Kier molecular flexibility index (Phi) is 5.54. The molecule has 6 rings (SSSR count). The van der Waals surface area contributed by atoms with Crippen LogP contribution in [0.4, 0.5) is 11.4 Å². The summed E-state index contributed by atoms with van der Waals surface area (Å²) in [6.45, 7) is 4.22. The maximum Gasteiger partial charge on any atom is 0.262 e. The van der Waals surface area contributed by atoms with Crippen LogP contribution in [-0.2, 0) is 4.79 Å². The van der Waals surface area contributed by atoms with Crippen molar-refractivity contribution in [2.75, 3.05) is 18.7 Å². The molecule has 36 heavy (non-hydrogen) atoms. The second kappa shape index (κ2) is 9.01. The number of carbonyl (C=O) groups excluding carboxylic acids is 1. The smallest absolute Gasteiger partial charge is 0.262 e. The molecule has 0 unspecified atom stereocenters. The van der Waals surface area contributed by atoms with Gasteiger partial charge in [-0.3, -0.25) is 4.79 Å². The van der Waals surface area contributed by atoms with Gasteiger partial charge < -0.3 is 19.5 Å². The summed E-state index contributed by atoms with van der Waals surface area (Å²) in [7, 11) is 0. The number of aryl methyl sites for hydroxylation is 1. The number of nitrogens with zero attached hydrogens (tertiary/aromatic N) is 3. The number of fused-ring (bicyclic) bond motifs is 2. The number of benzene rings is 3. The van der Waals surface area contributed by atoms with Gasteiger partial charge in [0.25, 0.3) is 5.91 Å². The number of hydrogen-bond acceptors (Lipinski definition) is 7. The highest BCUT2D eigenvalue weighted by Gasteiger charge is 2.19. The van der Waals surface area contributed by atoms with Crippen LogP contribution in [0, 0.1) is 6.92 Å². The molecule has 0 spiro atoms. The van der Waals surface area contributed by atoms with Gasteiger partial charge in [0.2, 0.25) is 11.6 Å². The lowest BCUT2D eigenvalue weighted by Gasteiger charge is -2.18.